The molecule has 0 saturated heterocycles. The molecule has 0 saturated carbocycles. The molecule has 0 amide bonds. The Labute approximate surface area is 102 Å². The Morgan fingerprint density at radius 3 is 2.53 bits per heavy atom. The van der Waals surface area contributed by atoms with E-state index in [4.69, 9.17) is 0 Å². The second kappa shape index (κ2) is 5.62. The van der Waals surface area contributed by atoms with Gasteiger partial charge in [0.2, 0.25) is 0 Å². The van der Waals surface area contributed by atoms with Gasteiger partial charge in [-0.3, -0.25) is 0 Å². The van der Waals surface area contributed by atoms with Gasteiger partial charge >= 0.3 is 0 Å². The van der Waals surface area contributed by atoms with Gasteiger partial charge in [0, 0.05) is 0 Å². The molecular weight excluding hydrogens is 211 g/mol. The van der Waals surface area contributed by atoms with E-state index in [1.54, 1.807) is 6.07 Å². The Morgan fingerprint density at radius 2 is 1.82 bits per heavy atom. The van der Waals surface area contributed by atoms with Crippen molar-refractivity contribution in [2.45, 2.75) is 26.2 Å². The van der Waals surface area contributed by atoms with Crippen LogP contribution in [0.4, 0.5) is 4.39 Å². The smallest absolute Gasteiger partial charge is 0.126 e. The Kier molecular flexibility index (Phi) is 3.92. The average molecular weight is 227 g/mol. The summed E-state index contributed by atoms with van der Waals surface area (Å²) in [6, 6.07) is 16.5. The molecule has 87 valence electrons. The molecule has 2 rings (SSSR count). The minimum atomic E-state index is -0.100. The highest BCUT2D eigenvalue weighted by Gasteiger charge is 2.07. The van der Waals surface area contributed by atoms with Crippen LogP contribution in [0.5, 0.6) is 0 Å². The van der Waals surface area contributed by atoms with Gasteiger partial charge in [-0.05, 0) is 48.1 Å². The molecule has 0 aromatic heterocycles. The molecule has 0 fully saturated rings. The van der Waals surface area contributed by atoms with E-state index in [1.807, 2.05) is 25.1 Å². The van der Waals surface area contributed by atoms with E-state index in [1.165, 1.54) is 11.6 Å². The fraction of sp³-hybridized carbons (Fsp3) is 0.250. The third kappa shape index (κ3) is 2.94. The maximum Gasteiger partial charge on any atom is 0.126 e. The maximum atomic E-state index is 13.7. The second-order valence-corrected chi connectivity index (χ2v) is 4.12. The minimum Gasteiger partial charge on any atom is -0.207 e. The molecule has 0 unspecified atom stereocenters. The summed E-state index contributed by atoms with van der Waals surface area (Å²) in [6.07, 6.45) is 2.46. The standard InChI is InChI=1S/C16H16F/c1-2-14-9-6-10-16(17)15(14)12-11-13-7-4-3-5-8-13/h3-8,10H,2,11-12H2,1H3. The monoisotopic (exact) mass is 227 g/mol. The summed E-state index contributed by atoms with van der Waals surface area (Å²) < 4.78 is 13.7. The Balaban J connectivity index is 2.14. The largest absolute Gasteiger partial charge is 0.207 e. The van der Waals surface area contributed by atoms with Gasteiger partial charge in [-0.2, -0.15) is 0 Å². The van der Waals surface area contributed by atoms with Crippen LogP contribution in [0.25, 0.3) is 0 Å². The molecule has 0 nitrogen and oxygen atoms in total. The van der Waals surface area contributed by atoms with Gasteiger partial charge in [0.15, 0.2) is 0 Å². The Bertz CT molecular complexity index is 474. The fourth-order valence-corrected chi connectivity index (χ4v) is 2.05. The summed E-state index contributed by atoms with van der Waals surface area (Å²) in [6.45, 7) is 2.04. The van der Waals surface area contributed by atoms with Crippen molar-refractivity contribution in [1.29, 1.82) is 0 Å². The lowest BCUT2D eigenvalue weighted by Gasteiger charge is -2.08. The zero-order chi connectivity index (χ0) is 12.1. The van der Waals surface area contributed by atoms with Crippen molar-refractivity contribution in [1.82, 2.24) is 0 Å². The number of hydrogen-bond acceptors (Lipinski definition) is 0. The molecule has 1 radical (unpaired) electrons. The molecule has 0 bridgehead atoms. The van der Waals surface area contributed by atoms with Crippen LogP contribution >= 0.6 is 0 Å². The summed E-state index contributed by atoms with van der Waals surface area (Å²) in [5, 5.41) is 0. The Morgan fingerprint density at radius 1 is 1.06 bits per heavy atom. The number of hydrogen-bond donors (Lipinski definition) is 0. The van der Waals surface area contributed by atoms with Crippen LogP contribution in [0, 0.1) is 11.9 Å². The number of aryl methyl sites for hydroxylation is 2. The van der Waals surface area contributed by atoms with E-state index in [-0.39, 0.29) is 5.82 Å². The van der Waals surface area contributed by atoms with Crippen molar-refractivity contribution in [3.05, 3.63) is 71.0 Å². The van der Waals surface area contributed by atoms with Crippen molar-refractivity contribution in [2.75, 3.05) is 0 Å². The summed E-state index contributed by atoms with van der Waals surface area (Å²) in [5.41, 5.74) is 3.07. The van der Waals surface area contributed by atoms with Gasteiger partial charge in [0.25, 0.3) is 0 Å². The summed E-state index contributed by atoms with van der Waals surface area (Å²) in [5.74, 6) is -0.100. The van der Waals surface area contributed by atoms with E-state index in [9.17, 15) is 4.39 Å². The van der Waals surface area contributed by atoms with Gasteiger partial charge in [-0.1, -0.05) is 43.3 Å². The molecule has 2 aromatic carbocycles. The molecule has 0 atom stereocenters. The first-order chi connectivity index (χ1) is 8.31. The maximum absolute atomic E-state index is 13.7. The van der Waals surface area contributed by atoms with Crippen LogP contribution in [0.1, 0.15) is 23.6 Å². The third-order valence-corrected chi connectivity index (χ3v) is 3.00. The number of rotatable bonds is 4. The van der Waals surface area contributed by atoms with Crippen LogP contribution in [-0.2, 0) is 19.3 Å². The normalized spacial score (nSPS) is 10.5. The molecule has 0 heterocycles. The van der Waals surface area contributed by atoms with Crippen molar-refractivity contribution in [2.24, 2.45) is 0 Å². The highest BCUT2D eigenvalue weighted by molar-refractivity contribution is 5.29. The quantitative estimate of drug-likeness (QED) is 0.741. The second-order valence-electron chi connectivity index (χ2n) is 4.12. The molecular formula is C16H16F. The van der Waals surface area contributed by atoms with Crippen molar-refractivity contribution in [3.63, 3.8) is 0 Å². The first kappa shape index (κ1) is 11.8. The van der Waals surface area contributed by atoms with Crippen molar-refractivity contribution < 1.29 is 4.39 Å². The average Bonchev–Trinajstić information content (AvgIpc) is 2.38. The summed E-state index contributed by atoms with van der Waals surface area (Å²) in [7, 11) is 0. The number of halogens is 1. The predicted molar refractivity (Wildman–Crippen MR) is 68.5 cm³/mol. The van der Waals surface area contributed by atoms with E-state index < -0.39 is 0 Å². The zero-order valence-corrected chi connectivity index (χ0v) is 10.0. The van der Waals surface area contributed by atoms with Gasteiger partial charge in [0.1, 0.15) is 5.82 Å². The third-order valence-electron chi connectivity index (χ3n) is 3.00. The first-order valence-corrected chi connectivity index (χ1v) is 6.03. The van der Waals surface area contributed by atoms with E-state index in [2.05, 4.69) is 18.2 Å². The molecule has 1 heteroatoms. The molecule has 0 spiro atoms. The Hall–Kier alpha value is -1.63. The van der Waals surface area contributed by atoms with Crippen LogP contribution in [0.2, 0.25) is 0 Å². The topological polar surface area (TPSA) is 0 Å². The molecule has 2 aromatic rings. The van der Waals surface area contributed by atoms with E-state index >= 15 is 0 Å². The minimum absolute atomic E-state index is 0.100. The van der Waals surface area contributed by atoms with Crippen LogP contribution in [0.15, 0.2) is 42.5 Å². The highest BCUT2D eigenvalue weighted by Crippen LogP contribution is 2.16. The SMILES string of the molecule is CCc1[c]ccc(F)c1CCc1ccccc1. The molecule has 17 heavy (non-hydrogen) atoms. The van der Waals surface area contributed by atoms with Gasteiger partial charge in [0.05, 0.1) is 0 Å². The zero-order valence-electron chi connectivity index (χ0n) is 10.0. The molecule has 0 aliphatic heterocycles. The summed E-state index contributed by atoms with van der Waals surface area (Å²) in [4.78, 5) is 0. The van der Waals surface area contributed by atoms with Crippen LogP contribution in [-0.4, -0.2) is 0 Å². The molecule has 0 aliphatic rings. The fourth-order valence-electron chi connectivity index (χ4n) is 2.05. The molecule has 0 N–H and O–H groups in total. The highest BCUT2D eigenvalue weighted by atomic mass is 19.1. The summed E-state index contributed by atoms with van der Waals surface area (Å²) >= 11 is 0. The lowest BCUT2D eigenvalue weighted by molar-refractivity contribution is 0.605. The first-order valence-electron chi connectivity index (χ1n) is 6.03. The van der Waals surface area contributed by atoms with E-state index in [0.29, 0.717) is 0 Å². The molecule has 0 aliphatic carbocycles. The van der Waals surface area contributed by atoms with Crippen molar-refractivity contribution >= 4 is 0 Å². The lowest BCUT2D eigenvalue weighted by atomic mass is 9.98. The van der Waals surface area contributed by atoms with Crippen molar-refractivity contribution in [3.8, 4) is 0 Å². The van der Waals surface area contributed by atoms with Gasteiger partial charge in [-0.15, -0.1) is 0 Å². The van der Waals surface area contributed by atoms with Gasteiger partial charge < -0.3 is 0 Å². The van der Waals surface area contributed by atoms with Crippen LogP contribution < -0.4 is 0 Å². The number of benzene rings is 2. The predicted octanol–water partition coefficient (Wildman–Crippen LogP) is 3.97. The van der Waals surface area contributed by atoms with Crippen LogP contribution in [0.3, 0.4) is 0 Å². The van der Waals surface area contributed by atoms with E-state index in [0.717, 1.165) is 30.4 Å². The van der Waals surface area contributed by atoms with Gasteiger partial charge in [-0.25, -0.2) is 4.39 Å². The lowest BCUT2D eigenvalue weighted by Crippen LogP contribution is -2.00.